The first-order chi connectivity index (χ1) is 7.06. The molecule has 0 fully saturated rings. The molecule has 0 radical (unpaired) electrons. The molecular weight excluding hydrogens is 198 g/mol. The second-order valence-corrected chi connectivity index (χ2v) is 3.74. The molecule has 1 aromatic rings. The van der Waals surface area contributed by atoms with Crippen LogP contribution in [0.3, 0.4) is 0 Å². The van der Waals surface area contributed by atoms with Crippen LogP contribution in [-0.4, -0.2) is 6.29 Å². The second-order valence-electron chi connectivity index (χ2n) is 3.74. The fourth-order valence-electron chi connectivity index (χ4n) is 1.59. The molecule has 0 aliphatic heterocycles. The number of carbonyl (C=O) groups is 1. The van der Waals surface area contributed by atoms with Crippen molar-refractivity contribution in [1.29, 1.82) is 0 Å². The molecule has 1 atom stereocenters. The Morgan fingerprint density at radius 2 is 2.00 bits per heavy atom. The molecule has 0 spiro atoms. The minimum atomic E-state index is -2.48. The predicted octanol–water partition coefficient (Wildman–Crippen LogP) is 3.63. The normalized spacial score (nSPS) is 12.9. The largest absolute Gasteiger partial charge is 0.303 e. The van der Waals surface area contributed by atoms with Crippen LogP contribution in [0, 0.1) is 6.92 Å². The van der Waals surface area contributed by atoms with Crippen LogP contribution in [0.25, 0.3) is 0 Å². The first-order valence-corrected chi connectivity index (χ1v) is 4.88. The molecular formula is C12H14F2O. The number of aldehydes is 1. The van der Waals surface area contributed by atoms with E-state index in [9.17, 15) is 13.6 Å². The monoisotopic (exact) mass is 212 g/mol. The van der Waals surface area contributed by atoms with Crippen LogP contribution in [0.2, 0.25) is 0 Å². The molecule has 0 amide bonds. The molecule has 3 heteroatoms. The fraction of sp³-hybridized carbons (Fsp3) is 0.417. The molecule has 1 aromatic carbocycles. The molecule has 15 heavy (non-hydrogen) atoms. The summed E-state index contributed by atoms with van der Waals surface area (Å²) in [6, 6.07) is 4.84. The van der Waals surface area contributed by atoms with Gasteiger partial charge in [0.2, 0.25) is 0 Å². The van der Waals surface area contributed by atoms with Crippen LogP contribution in [0.1, 0.15) is 42.4 Å². The number of rotatable bonds is 4. The number of alkyl halides is 2. The Morgan fingerprint density at radius 3 is 2.53 bits per heavy atom. The second kappa shape index (κ2) is 5.01. The van der Waals surface area contributed by atoms with Gasteiger partial charge in [0.25, 0.3) is 6.43 Å². The van der Waals surface area contributed by atoms with Gasteiger partial charge >= 0.3 is 0 Å². The van der Waals surface area contributed by atoms with E-state index in [1.807, 2.05) is 6.92 Å². The molecule has 0 bridgehead atoms. The quantitative estimate of drug-likeness (QED) is 0.696. The smallest absolute Gasteiger partial charge is 0.264 e. The molecule has 0 heterocycles. The average molecular weight is 212 g/mol. The Balaban J connectivity index is 3.11. The Kier molecular flexibility index (Phi) is 3.95. The first-order valence-electron chi connectivity index (χ1n) is 4.88. The van der Waals surface area contributed by atoms with E-state index >= 15 is 0 Å². The van der Waals surface area contributed by atoms with Crippen LogP contribution >= 0.6 is 0 Å². The summed E-state index contributed by atoms with van der Waals surface area (Å²) in [4.78, 5) is 10.4. The summed E-state index contributed by atoms with van der Waals surface area (Å²) in [6.07, 6.45) is -1.43. The molecule has 0 N–H and O–H groups in total. The number of halogens is 2. The van der Waals surface area contributed by atoms with Crippen molar-refractivity contribution in [3.05, 3.63) is 34.9 Å². The molecule has 0 aromatic heterocycles. The zero-order valence-electron chi connectivity index (χ0n) is 8.84. The minimum Gasteiger partial charge on any atom is -0.303 e. The maximum atomic E-state index is 12.7. The topological polar surface area (TPSA) is 17.1 Å². The lowest BCUT2D eigenvalue weighted by molar-refractivity contribution is -0.108. The number of hydrogen-bond acceptors (Lipinski definition) is 1. The van der Waals surface area contributed by atoms with Crippen molar-refractivity contribution in [2.24, 2.45) is 0 Å². The van der Waals surface area contributed by atoms with Crippen molar-refractivity contribution in [2.45, 2.75) is 32.6 Å². The van der Waals surface area contributed by atoms with Gasteiger partial charge in [-0.05, 0) is 18.4 Å². The standard InChI is InChI=1S/C12H14F2O/c1-8-3-4-10(12(13)14)11(7-8)9(2)5-6-15/h3-4,6-7,9,12H,5H2,1-2H3. The lowest BCUT2D eigenvalue weighted by Gasteiger charge is -2.14. The number of carbonyl (C=O) groups excluding carboxylic acids is 1. The van der Waals surface area contributed by atoms with Crippen molar-refractivity contribution >= 4 is 6.29 Å². The third-order valence-corrected chi connectivity index (χ3v) is 2.46. The van der Waals surface area contributed by atoms with E-state index in [0.717, 1.165) is 11.8 Å². The highest BCUT2D eigenvalue weighted by Crippen LogP contribution is 2.30. The molecule has 0 aliphatic rings. The third-order valence-electron chi connectivity index (χ3n) is 2.46. The number of aryl methyl sites for hydroxylation is 1. The summed E-state index contributed by atoms with van der Waals surface area (Å²) >= 11 is 0. The van der Waals surface area contributed by atoms with E-state index in [-0.39, 0.29) is 17.9 Å². The van der Waals surface area contributed by atoms with E-state index < -0.39 is 6.43 Å². The lowest BCUT2D eigenvalue weighted by atomic mass is 9.92. The highest BCUT2D eigenvalue weighted by molar-refractivity contribution is 5.52. The summed E-state index contributed by atoms with van der Waals surface area (Å²) in [6.45, 7) is 3.64. The maximum absolute atomic E-state index is 12.7. The molecule has 82 valence electrons. The highest BCUT2D eigenvalue weighted by Gasteiger charge is 2.16. The van der Waals surface area contributed by atoms with Crippen LogP contribution in [0.4, 0.5) is 8.78 Å². The Labute approximate surface area is 88.1 Å². The summed E-state index contributed by atoms with van der Waals surface area (Å²) in [5, 5.41) is 0. The molecule has 1 nitrogen and oxygen atoms in total. The van der Waals surface area contributed by atoms with Crippen LogP contribution in [0.5, 0.6) is 0 Å². The minimum absolute atomic E-state index is 0.0370. The Bertz CT molecular complexity index is 347. The maximum Gasteiger partial charge on any atom is 0.264 e. The van der Waals surface area contributed by atoms with E-state index in [2.05, 4.69) is 0 Å². The van der Waals surface area contributed by atoms with Gasteiger partial charge in [-0.2, -0.15) is 0 Å². The van der Waals surface area contributed by atoms with Crippen LogP contribution in [0.15, 0.2) is 18.2 Å². The molecule has 0 saturated carbocycles. The fourth-order valence-corrected chi connectivity index (χ4v) is 1.59. The third kappa shape index (κ3) is 2.85. The summed E-state index contributed by atoms with van der Waals surface area (Å²) in [5.41, 5.74) is 1.55. The number of hydrogen-bond donors (Lipinski definition) is 0. The molecule has 0 saturated heterocycles. The van der Waals surface area contributed by atoms with Gasteiger partial charge in [-0.25, -0.2) is 8.78 Å². The highest BCUT2D eigenvalue weighted by atomic mass is 19.3. The van der Waals surface area contributed by atoms with E-state index in [1.165, 1.54) is 6.07 Å². The SMILES string of the molecule is Cc1ccc(C(F)F)c(C(C)CC=O)c1. The summed E-state index contributed by atoms with van der Waals surface area (Å²) in [5.74, 6) is -0.147. The van der Waals surface area contributed by atoms with E-state index in [0.29, 0.717) is 5.56 Å². The zero-order valence-corrected chi connectivity index (χ0v) is 8.84. The van der Waals surface area contributed by atoms with Gasteiger partial charge < -0.3 is 4.79 Å². The van der Waals surface area contributed by atoms with Gasteiger partial charge in [-0.3, -0.25) is 0 Å². The van der Waals surface area contributed by atoms with E-state index in [4.69, 9.17) is 0 Å². The van der Waals surface area contributed by atoms with Gasteiger partial charge in [-0.1, -0.05) is 30.7 Å². The van der Waals surface area contributed by atoms with E-state index in [1.54, 1.807) is 19.1 Å². The Hall–Kier alpha value is -1.25. The van der Waals surface area contributed by atoms with Crippen molar-refractivity contribution < 1.29 is 13.6 Å². The molecule has 0 aliphatic carbocycles. The first kappa shape index (κ1) is 11.8. The summed E-state index contributed by atoms with van der Waals surface area (Å²) < 4.78 is 25.3. The van der Waals surface area contributed by atoms with Gasteiger partial charge in [0, 0.05) is 12.0 Å². The average Bonchev–Trinajstić information content (AvgIpc) is 2.17. The van der Waals surface area contributed by atoms with Crippen LogP contribution in [-0.2, 0) is 4.79 Å². The lowest BCUT2D eigenvalue weighted by Crippen LogP contribution is -2.01. The van der Waals surface area contributed by atoms with Gasteiger partial charge in [0.15, 0.2) is 0 Å². The van der Waals surface area contributed by atoms with Gasteiger partial charge in [-0.15, -0.1) is 0 Å². The van der Waals surface area contributed by atoms with Gasteiger partial charge in [0.1, 0.15) is 6.29 Å². The molecule has 1 unspecified atom stereocenters. The van der Waals surface area contributed by atoms with Crippen molar-refractivity contribution in [3.63, 3.8) is 0 Å². The van der Waals surface area contributed by atoms with Crippen LogP contribution < -0.4 is 0 Å². The molecule has 1 rings (SSSR count). The van der Waals surface area contributed by atoms with Gasteiger partial charge in [0.05, 0.1) is 0 Å². The zero-order chi connectivity index (χ0) is 11.4. The van der Waals surface area contributed by atoms with Crippen molar-refractivity contribution in [3.8, 4) is 0 Å². The Morgan fingerprint density at radius 1 is 1.33 bits per heavy atom. The summed E-state index contributed by atoms with van der Waals surface area (Å²) in [7, 11) is 0. The predicted molar refractivity (Wildman–Crippen MR) is 55.2 cm³/mol. The number of benzene rings is 1. The van der Waals surface area contributed by atoms with Crippen molar-refractivity contribution in [2.75, 3.05) is 0 Å². The van der Waals surface area contributed by atoms with Crippen molar-refractivity contribution in [1.82, 2.24) is 0 Å².